The Morgan fingerprint density at radius 1 is 1.12 bits per heavy atom. The van der Waals surface area contributed by atoms with Gasteiger partial charge in [-0.1, -0.05) is 0 Å². The monoisotopic (exact) mass is 235 g/mol. The van der Waals surface area contributed by atoms with Gasteiger partial charge in [0.1, 0.15) is 0 Å². The molecule has 3 heteroatoms. The van der Waals surface area contributed by atoms with E-state index in [9.17, 15) is 0 Å². The summed E-state index contributed by atoms with van der Waals surface area (Å²) in [6.07, 6.45) is 2.73. The third kappa shape index (κ3) is 3.55. The standard InChI is InChI=1S/C14H21NO2/c1-3-16-13-8-7-12(9-14(13)17-4-2)15-10-11-5-6-11/h7-9,11,15H,3-6,10H2,1-2H3. The number of rotatable bonds is 7. The van der Waals surface area contributed by atoms with E-state index >= 15 is 0 Å². The highest BCUT2D eigenvalue weighted by Crippen LogP contribution is 2.32. The molecule has 94 valence electrons. The van der Waals surface area contributed by atoms with Crippen molar-refractivity contribution in [2.24, 2.45) is 5.92 Å². The Balaban J connectivity index is 2.03. The van der Waals surface area contributed by atoms with Crippen LogP contribution in [0.1, 0.15) is 26.7 Å². The molecule has 0 bridgehead atoms. The van der Waals surface area contributed by atoms with E-state index < -0.39 is 0 Å². The summed E-state index contributed by atoms with van der Waals surface area (Å²) in [6.45, 7) is 6.36. The third-order valence-electron chi connectivity index (χ3n) is 2.84. The van der Waals surface area contributed by atoms with E-state index in [0.717, 1.165) is 29.6 Å². The normalized spacial score (nSPS) is 14.5. The molecule has 0 heterocycles. The van der Waals surface area contributed by atoms with Gasteiger partial charge in [0.05, 0.1) is 13.2 Å². The zero-order valence-electron chi connectivity index (χ0n) is 10.7. The number of nitrogens with one attached hydrogen (secondary N) is 1. The summed E-state index contributed by atoms with van der Waals surface area (Å²) in [4.78, 5) is 0. The van der Waals surface area contributed by atoms with Crippen LogP contribution in [0.3, 0.4) is 0 Å². The molecule has 2 rings (SSSR count). The number of hydrogen-bond donors (Lipinski definition) is 1. The highest BCUT2D eigenvalue weighted by molar-refractivity contribution is 5.54. The SMILES string of the molecule is CCOc1ccc(NCC2CC2)cc1OCC. The Hall–Kier alpha value is -1.38. The molecule has 0 spiro atoms. The summed E-state index contributed by atoms with van der Waals surface area (Å²) < 4.78 is 11.1. The third-order valence-corrected chi connectivity index (χ3v) is 2.84. The van der Waals surface area contributed by atoms with E-state index in [-0.39, 0.29) is 0 Å². The van der Waals surface area contributed by atoms with Gasteiger partial charge in [-0.3, -0.25) is 0 Å². The molecular formula is C14H21NO2. The van der Waals surface area contributed by atoms with Crippen molar-refractivity contribution in [3.8, 4) is 11.5 Å². The van der Waals surface area contributed by atoms with Gasteiger partial charge in [-0.05, 0) is 44.7 Å². The Labute approximate surface area is 103 Å². The fourth-order valence-corrected chi connectivity index (χ4v) is 1.75. The van der Waals surface area contributed by atoms with Crippen LogP contribution in [0.15, 0.2) is 18.2 Å². The summed E-state index contributed by atoms with van der Waals surface area (Å²) in [5.41, 5.74) is 1.11. The molecule has 1 aliphatic carbocycles. The molecule has 0 aromatic heterocycles. The Bertz CT molecular complexity index is 361. The Kier molecular flexibility index (Phi) is 4.13. The minimum Gasteiger partial charge on any atom is -0.490 e. The summed E-state index contributed by atoms with van der Waals surface area (Å²) in [7, 11) is 0. The fourth-order valence-electron chi connectivity index (χ4n) is 1.75. The minimum atomic E-state index is 0.659. The zero-order valence-corrected chi connectivity index (χ0v) is 10.7. The number of ether oxygens (including phenoxy) is 2. The summed E-state index contributed by atoms with van der Waals surface area (Å²) >= 11 is 0. The van der Waals surface area contributed by atoms with Crippen LogP contribution in [-0.4, -0.2) is 19.8 Å². The van der Waals surface area contributed by atoms with Crippen LogP contribution >= 0.6 is 0 Å². The summed E-state index contributed by atoms with van der Waals surface area (Å²) in [5.74, 6) is 2.53. The van der Waals surface area contributed by atoms with Crippen LogP contribution in [-0.2, 0) is 0 Å². The second-order valence-electron chi connectivity index (χ2n) is 4.35. The molecule has 1 N–H and O–H groups in total. The first kappa shape index (κ1) is 12.1. The van der Waals surface area contributed by atoms with Crippen molar-refractivity contribution in [2.75, 3.05) is 25.1 Å². The average Bonchev–Trinajstić information content (AvgIpc) is 3.14. The number of benzene rings is 1. The lowest BCUT2D eigenvalue weighted by Crippen LogP contribution is -2.04. The van der Waals surface area contributed by atoms with Gasteiger partial charge in [-0.25, -0.2) is 0 Å². The van der Waals surface area contributed by atoms with E-state index in [1.807, 2.05) is 26.0 Å². The molecule has 0 aliphatic heterocycles. The summed E-state index contributed by atoms with van der Waals surface area (Å²) in [5, 5.41) is 3.44. The van der Waals surface area contributed by atoms with Gasteiger partial charge in [0.15, 0.2) is 11.5 Å². The van der Waals surface area contributed by atoms with Crippen molar-refractivity contribution in [1.82, 2.24) is 0 Å². The molecule has 1 fully saturated rings. The number of hydrogen-bond acceptors (Lipinski definition) is 3. The lowest BCUT2D eigenvalue weighted by Gasteiger charge is -2.13. The fraction of sp³-hybridized carbons (Fsp3) is 0.571. The van der Waals surface area contributed by atoms with Gasteiger partial charge in [0, 0.05) is 18.3 Å². The first-order valence-corrected chi connectivity index (χ1v) is 6.47. The minimum absolute atomic E-state index is 0.659. The van der Waals surface area contributed by atoms with Crippen LogP contribution in [0.25, 0.3) is 0 Å². The molecule has 0 atom stereocenters. The molecule has 0 unspecified atom stereocenters. The van der Waals surface area contributed by atoms with Crippen molar-refractivity contribution in [1.29, 1.82) is 0 Å². The van der Waals surface area contributed by atoms with Crippen molar-refractivity contribution >= 4 is 5.69 Å². The van der Waals surface area contributed by atoms with Crippen LogP contribution in [0.2, 0.25) is 0 Å². The van der Waals surface area contributed by atoms with Crippen LogP contribution < -0.4 is 14.8 Å². The Morgan fingerprint density at radius 3 is 2.47 bits per heavy atom. The zero-order chi connectivity index (χ0) is 12.1. The van der Waals surface area contributed by atoms with Crippen LogP contribution in [0, 0.1) is 5.92 Å². The van der Waals surface area contributed by atoms with Gasteiger partial charge >= 0.3 is 0 Å². The van der Waals surface area contributed by atoms with Gasteiger partial charge < -0.3 is 14.8 Å². The van der Waals surface area contributed by atoms with Gasteiger partial charge in [0.25, 0.3) is 0 Å². The second kappa shape index (κ2) is 5.80. The smallest absolute Gasteiger partial charge is 0.163 e. The van der Waals surface area contributed by atoms with E-state index in [1.165, 1.54) is 12.8 Å². The van der Waals surface area contributed by atoms with Crippen molar-refractivity contribution in [3.05, 3.63) is 18.2 Å². The van der Waals surface area contributed by atoms with Crippen molar-refractivity contribution in [2.45, 2.75) is 26.7 Å². The van der Waals surface area contributed by atoms with Gasteiger partial charge in [0.2, 0.25) is 0 Å². The molecule has 17 heavy (non-hydrogen) atoms. The second-order valence-corrected chi connectivity index (χ2v) is 4.35. The summed E-state index contributed by atoms with van der Waals surface area (Å²) in [6, 6.07) is 6.05. The first-order chi connectivity index (χ1) is 8.33. The largest absolute Gasteiger partial charge is 0.490 e. The molecule has 1 aromatic rings. The quantitative estimate of drug-likeness (QED) is 0.786. The molecule has 1 saturated carbocycles. The molecule has 3 nitrogen and oxygen atoms in total. The van der Waals surface area contributed by atoms with E-state index in [0.29, 0.717) is 13.2 Å². The molecule has 1 aromatic carbocycles. The lowest BCUT2D eigenvalue weighted by molar-refractivity contribution is 0.288. The highest BCUT2D eigenvalue weighted by atomic mass is 16.5. The molecular weight excluding hydrogens is 214 g/mol. The molecule has 0 radical (unpaired) electrons. The van der Waals surface area contributed by atoms with Crippen molar-refractivity contribution < 1.29 is 9.47 Å². The first-order valence-electron chi connectivity index (χ1n) is 6.47. The lowest BCUT2D eigenvalue weighted by atomic mass is 10.2. The van der Waals surface area contributed by atoms with Gasteiger partial charge in [-0.2, -0.15) is 0 Å². The van der Waals surface area contributed by atoms with Gasteiger partial charge in [-0.15, -0.1) is 0 Å². The predicted octanol–water partition coefficient (Wildman–Crippen LogP) is 3.31. The number of anilines is 1. The molecule has 0 amide bonds. The topological polar surface area (TPSA) is 30.5 Å². The maximum atomic E-state index is 5.59. The van der Waals surface area contributed by atoms with E-state index in [2.05, 4.69) is 11.4 Å². The Morgan fingerprint density at radius 2 is 1.82 bits per heavy atom. The maximum Gasteiger partial charge on any atom is 0.163 e. The molecule has 0 saturated heterocycles. The highest BCUT2D eigenvalue weighted by Gasteiger charge is 2.20. The van der Waals surface area contributed by atoms with Crippen LogP contribution in [0.5, 0.6) is 11.5 Å². The maximum absolute atomic E-state index is 5.59. The van der Waals surface area contributed by atoms with Crippen molar-refractivity contribution in [3.63, 3.8) is 0 Å². The average molecular weight is 235 g/mol. The van der Waals surface area contributed by atoms with E-state index in [1.54, 1.807) is 0 Å². The van der Waals surface area contributed by atoms with E-state index in [4.69, 9.17) is 9.47 Å². The van der Waals surface area contributed by atoms with Crippen LogP contribution in [0.4, 0.5) is 5.69 Å². The predicted molar refractivity (Wildman–Crippen MR) is 70.0 cm³/mol. The molecule has 1 aliphatic rings.